The first kappa shape index (κ1) is 15.6. The molecule has 2 aliphatic heterocycles. The highest BCUT2D eigenvalue weighted by atomic mass is 16.2. The van der Waals surface area contributed by atoms with Gasteiger partial charge in [-0.2, -0.15) is 0 Å². The van der Waals surface area contributed by atoms with Crippen LogP contribution in [-0.4, -0.2) is 46.4 Å². The third kappa shape index (κ3) is 2.61. The quantitative estimate of drug-likeness (QED) is 0.773. The average Bonchev–Trinajstić information content (AvgIpc) is 3.34. The number of benzene rings is 2. The van der Waals surface area contributed by atoms with Gasteiger partial charge in [0.1, 0.15) is 0 Å². The number of hydrogen-bond acceptors (Lipinski definition) is 2. The molecule has 1 aromatic heterocycles. The number of nitrogens with zero attached hydrogens (tertiary/aromatic N) is 2. The summed E-state index contributed by atoms with van der Waals surface area (Å²) in [5.74, 6) is 0.155. The van der Waals surface area contributed by atoms with Crippen molar-refractivity contribution in [1.82, 2.24) is 14.8 Å². The van der Waals surface area contributed by atoms with Crippen molar-refractivity contribution in [2.45, 2.75) is 25.4 Å². The molecule has 1 saturated heterocycles. The van der Waals surface area contributed by atoms with E-state index in [1.54, 1.807) is 0 Å². The molecule has 3 heterocycles. The van der Waals surface area contributed by atoms with Gasteiger partial charge in [0.15, 0.2) is 0 Å². The highest BCUT2D eigenvalue weighted by Crippen LogP contribution is 2.26. The van der Waals surface area contributed by atoms with Crippen LogP contribution in [0.5, 0.6) is 0 Å². The minimum absolute atomic E-state index is 0.155. The summed E-state index contributed by atoms with van der Waals surface area (Å²) in [5, 5.41) is 1.02. The number of hydrogen-bond donors (Lipinski definition) is 1. The van der Waals surface area contributed by atoms with Crippen LogP contribution in [0.3, 0.4) is 0 Å². The smallest absolute Gasteiger partial charge is 0.256 e. The molecule has 1 fully saturated rings. The van der Waals surface area contributed by atoms with Crippen LogP contribution < -0.4 is 0 Å². The number of rotatable bonds is 2. The van der Waals surface area contributed by atoms with Crippen LogP contribution in [0.25, 0.3) is 10.9 Å². The molecule has 0 saturated carbocycles. The molecule has 26 heavy (non-hydrogen) atoms. The van der Waals surface area contributed by atoms with E-state index in [2.05, 4.69) is 34.1 Å². The van der Waals surface area contributed by atoms with Crippen molar-refractivity contribution >= 4 is 16.8 Å². The highest BCUT2D eigenvalue weighted by Gasteiger charge is 2.32. The van der Waals surface area contributed by atoms with Crippen molar-refractivity contribution in [1.29, 1.82) is 0 Å². The van der Waals surface area contributed by atoms with Gasteiger partial charge in [-0.25, -0.2) is 0 Å². The molecule has 2 aromatic carbocycles. The Morgan fingerprint density at radius 3 is 2.73 bits per heavy atom. The van der Waals surface area contributed by atoms with Crippen LogP contribution in [0, 0.1) is 0 Å². The lowest BCUT2D eigenvalue weighted by Crippen LogP contribution is -2.41. The van der Waals surface area contributed by atoms with Crippen molar-refractivity contribution in [3.05, 3.63) is 71.4 Å². The predicted octanol–water partition coefficient (Wildman–Crippen LogP) is 3.44. The fourth-order valence-electron chi connectivity index (χ4n) is 4.47. The largest absolute Gasteiger partial charge is 0.360 e. The second-order valence-electron chi connectivity index (χ2n) is 7.43. The van der Waals surface area contributed by atoms with Gasteiger partial charge in [0.05, 0.1) is 5.56 Å². The van der Waals surface area contributed by atoms with E-state index >= 15 is 0 Å². The summed E-state index contributed by atoms with van der Waals surface area (Å²) in [6.45, 7) is 3.79. The molecule has 0 bridgehead atoms. The van der Waals surface area contributed by atoms with E-state index < -0.39 is 0 Å². The minimum Gasteiger partial charge on any atom is -0.360 e. The Hall–Kier alpha value is -2.59. The molecule has 1 unspecified atom stereocenters. The van der Waals surface area contributed by atoms with Crippen LogP contribution in [0.1, 0.15) is 27.9 Å². The summed E-state index contributed by atoms with van der Waals surface area (Å²) in [7, 11) is 0. The van der Waals surface area contributed by atoms with Crippen LogP contribution >= 0.6 is 0 Å². The van der Waals surface area contributed by atoms with Crippen molar-refractivity contribution < 1.29 is 4.79 Å². The zero-order valence-corrected chi connectivity index (χ0v) is 14.8. The normalized spacial score (nSPS) is 20.5. The van der Waals surface area contributed by atoms with Gasteiger partial charge >= 0.3 is 0 Å². The van der Waals surface area contributed by atoms with Crippen molar-refractivity contribution in [3.63, 3.8) is 0 Å². The molecular weight excluding hydrogens is 322 g/mol. The van der Waals surface area contributed by atoms with E-state index in [4.69, 9.17) is 0 Å². The summed E-state index contributed by atoms with van der Waals surface area (Å²) >= 11 is 0. The maximum atomic E-state index is 13.0. The first-order chi connectivity index (χ1) is 12.8. The number of fused-ring (bicyclic) bond motifs is 2. The zero-order chi connectivity index (χ0) is 17.5. The number of para-hydroxylation sites is 1. The Balaban J connectivity index is 1.31. The van der Waals surface area contributed by atoms with Gasteiger partial charge in [0.25, 0.3) is 5.91 Å². The first-order valence-electron chi connectivity index (χ1n) is 9.46. The number of H-pyrrole nitrogens is 1. The van der Waals surface area contributed by atoms with Gasteiger partial charge in [0, 0.05) is 49.3 Å². The summed E-state index contributed by atoms with van der Waals surface area (Å²) in [4.78, 5) is 20.8. The van der Waals surface area contributed by atoms with Gasteiger partial charge in [-0.05, 0) is 30.0 Å². The van der Waals surface area contributed by atoms with Gasteiger partial charge in [0.2, 0.25) is 0 Å². The monoisotopic (exact) mass is 345 g/mol. The molecule has 3 aromatic rings. The third-order valence-electron chi connectivity index (χ3n) is 5.95. The molecule has 132 valence electrons. The van der Waals surface area contributed by atoms with Gasteiger partial charge < -0.3 is 9.88 Å². The van der Waals surface area contributed by atoms with E-state index in [0.717, 1.165) is 55.5 Å². The molecule has 0 aliphatic carbocycles. The second kappa shape index (κ2) is 6.29. The molecule has 1 amide bonds. The molecule has 4 heteroatoms. The summed E-state index contributed by atoms with van der Waals surface area (Å²) in [6.07, 6.45) is 4.04. The Bertz CT molecular complexity index is 961. The van der Waals surface area contributed by atoms with Crippen LogP contribution in [0.2, 0.25) is 0 Å². The van der Waals surface area contributed by atoms with Gasteiger partial charge in [-0.1, -0.05) is 42.5 Å². The summed E-state index contributed by atoms with van der Waals surface area (Å²) in [5.41, 5.74) is 4.75. The lowest BCUT2D eigenvalue weighted by molar-refractivity contribution is 0.0775. The molecule has 2 aliphatic rings. The van der Waals surface area contributed by atoms with Crippen LogP contribution in [0.4, 0.5) is 0 Å². The Labute approximate surface area is 153 Å². The second-order valence-corrected chi connectivity index (χ2v) is 7.43. The van der Waals surface area contributed by atoms with Crippen molar-refractivity contribution in [3.8, 4) is 0 Å². The molecular formula is C22H23N3O. The molecule has 0 radical (unpaired) electrons. The maximum absolute atomic E-state index is 13.0. The van der Waals surface area contributed by atoms with Crippen LogP contribution in [-0.2, 0) is 13.0 Å². The summed E-state index contributed by atoms with van der Waals surface area (Å²) in [6, 6.07) is 17.2. The standard InChI is InChI=1S/C22H23N3O/c26-22(20-13-23-21-8-4-3-7-19(20)21)25-12-10-18(15-25)24-11-9-16-5-1-2-6-17(16)14-24/h1-8,13,18,23H,9-12,14-15H2. The number of amides is 1. The van der Waals surface area contributed by atoms with Crippen molar-refractivity contribution in [2.24, 2.45) is 0 Å². The zero-order valence-electron chi connectivity index (χ0n) is 14.8. The summed E-state index contributed by atoms with van der Waals surface area (Å²) < 4.78 is 0. The fourth-order valence-corrected chi connectivity index (χ4v) is 4.47. The van der Waals surface area contributed by atoms with Crippen LogP contribution in [0.15, 0.2) is 54.7 Å². The van der Waals surface area contributed by atoms with Crippen molar-refractivity contribution in [2.75, 3.05) is 19.6 Å². The number of aromatic nitrogens is 1. The number of carbonyl (C=O) groups excluding carboxylic acids is 1. The molecule has 4 nitrogen and oxygen atoms in total. The van der Waals surface area contributed by atoms with E-state index in [1.807, 2.05) is 35.4 Å². The van der Waals surface area contributed by atoms with E-state index in [1.165, 1.54) is 11.1 Å². The Kier molecular flexibility index (Phi) is 3.79. The fraction of sp³-hybridized carbons (Fsp3) is 0.318. The lowest BCUT2D eigenvalue weighted by atomic mass is 9.98. The highest BCUT2D eigenvalue weighted by molar-refractivity contribution is 6.06. The van der Waals surface area contributed by atoms with E-state index in [0.29, 0.717) is 6.04 Å². The topological polar surface area (TPSA) is 39.3 Å². The average molecular weight is 345 g/mol. The molecule has 1 N–H and O–H groups in total. The molecule has 1 atom stereocenters. The van der Waals surface area contributed by atoms with E-state index in [-0.39, 0.29) is 5.91 Å². The Morgan fingerprint density at radius 1 is 1.00 bits per heavy atom. The maximum Gasteiger partial charge on any atom is 0.256 e. The number of aromatic amines is 1. The van der Waals surface area contributed by atoms with Gasteiger partial charge in [-0.15, -0.1) is 0 Å². The first-order valence-corrected chi connectivity index (χ1v) is 9.46. The lowest BCUT2D eigenvalue weighted by Gasteiger charge is -2.33. The number of carbonyl (C=O) groups is 1. The SMILES string of the molecule is O=C(c1c[nH]c2ccccc12)N1CCC(N2CCc3ccccc3C2)C1. The predicted molar refractivity (Wildman–Crippen MR) is 103 cm³/mol. The number of nitrogens with one attached hydrogen (secondary N) is 1. The molecule has 0 spiro atoms. The molecule has 5 rings (SSSR count). The van der Waals surface area contributed by atoms with E-state index in [9.17, 15) is 4.79 Å². The third-order valence-corrected chi connectivity index (χ3v) is 5.95. The Morgan fingerprint density at radius 2 is 1.81 bits per heavy atom. The van der Waals surface area contributed by atoms with Gasteiger partial charge in [-0.3, -0.25) is 9.69 Å². The minimum atomic E-state index is 0.155. The number of likely N-dealkylation sites (tertiary alicyclic amines) is 1.